The summed E-state index contributed by atoms with van der Waals surface area (Å²) in [6.45, 7) is 2.57. The van der Waals surface area contributed by atoms with E-state index < -0.39 is 0 Å². The topological polar surface area (TPSA) is 64.1 Å². The fraction of sp³-hybridized carbons (Fsp3) is 0.250. The summed E-state index contributed by atoms with van der Waals surface area (Å²) in [7, 11) is 0. The van der Waals surface area contributed by atoms with Crippen molar-refractivity contribution in [2.45, 2.75) is 19.5 Å². The summed E-state index contributed by atoms with van der Waals surface area (Å²) < 4.78 is 2.73. The molecule has 2 rings (SSSR count). The molecule has 0 aliphatic heterocycles. The molecule has 0 radical (unpaired) electrons. The normalized spacial score (nSPS) is 12.6. The molecule has 0 bridgehead atoms. The van der Waals surface area contributed by atoms with Crippen molar-refractivity contribution >= 4 is 15.9 Å². The van der Waals surface area contributed by atoms with Gasteiger partial charge in [-0.25, -0.2) is 0 Å². The maximum atomic E-state index is 9.51. The van der Waals surface area contributed by atoms with Crippen LogP contribution in [-0.2, 0) is 6.54 Å². The van der Waals surface area contributed by atoms with Gasteiger partial charge in [-0.15, -0.1) is 0 Å². The molecule has 2 aromatic rings. The highest BCUT2D eigenvalue weighted by Gasteiger charge is 2.12. The van der Waals surface area contributed by atoms with Crippen molar-refractivity contribution in [2.24, 2.45) is 5.73 Å². The highest BCUT2D eigenvalue weighted by Crippen LogP contribution is 2.30. The minimum absolute atomic E-state index is 0.0258. The second kappa shape index (κ2) is 4.89. The smallest absolute Gasteiger partial charge is 0.116 e. The molecule has 5 heteroatoms. The first-order chi connectivity index (χ1) is 8.08. The summed E-state index contributed by atoms with van der Waals surface area (Å²) in [6.07, 6.45) is 1.74. The van der Waals surface area contributed by atoms with E-state index in [0.717, 1.165) is 15.7 Å². The maximum Gasteiger partial charge on any atom is 0.116 e. The summed E-state index contributed by atoms with van der Waals surface area (Å²) in [6, 6.07) is 7.11. The van der Waals surface area contributed by atoms with Crippen molar-refractivity contribution in [3.63, 3.8) is 0 Å². The van der Waals surface area contributed by atoms with E-state index in [1.54, 1.807) is 24.4 Å². The Bertz CT molecular complexity index is 522. The predicted octanol–water partition coefficient (Wildman–Crippen LogP) is 2.37. The first-order valence-electron chi connectivity index (χ1n) is 5.34. The van der Waals surface area contributed by atoms with E-state index in [9.17, 15) is 5.11 Å². The van der Waals surface area contributed by atoms with Crippen molar-refractivity contribution in [3.05, 3.63) is 34.9 Å². The lowest BCUT2D eigenvalue weighted by Gasteiger charge is -2.10. The van der Waals surface area contributed by atoms with Gasteiger partial charge in [-0.1, -0.05) is 12.1 Å². The molecule has 1 atom stereocenters. The van der Waals surface area contributed by atoms with Crippen molar-refractivity contribution in [1.82, 2.24) is 9.78 Å². The van der Waals surface area contributed by atoms with Crippen LogP contribution in [0.5, 0.6) is 5.75 Å². The van der Waals surface area contributed by atoms with Gasteiger partial charge in [0.05, 0.1) is 22.9 Å². The van der Waals surface area contributed by atoms with Gasteiger partial charge in [-0.3, -0.25) is 4.68 Å². The molecule has 0 aliphatic carbocycles. The van der Waals surface area contributed by atoms with Crippen molar-refractivity contribution in [3.8, 4) is 17.0 Å². The van der Waals surface area contributed by atoms with Gasteiger partial charge in [0, 0.05) is 11.6 Å². The number of halogens is 1. The van der Waals surface area contributed by atoms with Gasteiger partial charge in [-0.2, -0.15) is 5.10 Å². The molecule has 1 aromatic heterocycles. The fourth-order valence-corrected chi connectivity index (χ4v) is 2.24. The molecule has 1 aromatic carbocycles. The highest BCUT2D eigenvalue weighted by molar-refractivity contribution is 9.10. The molecule has 0 aliphatic rings. The van der Waals surface area contributed by atoms with Gasteiger partial charge in [0.15, 0.2) is 0 Å². The molecular weight excluding hydrogens is 282 g/mol. The molecule has 0 amide bonds. The average Bonchev–Trinajstić information content (AvgIpc) is 2.59. The summed E-state index contributed by atoms with van der Waals surface area (Å²) in [4.78, 5) is 0. The molecule has 17 heavy (non-hydrogen) atoms. The van der Waals surface area contributed by atoms with Gasteiger partial charge in [0.2, 0.25) is 0 Å². The van der Waals surface area contributed by atoms with Crippen LogP contribution >= 0.6 is 15.9 Å². The van der Waals surface area contributed by atoms with E-state index in [2.05, 4.69) is 21.0 Å². The van der Waals surface area contributed by atoms with Crippen LogP contribution in [0.15, 0.2) is 34.9 Å². The highest BCUT2D eigenvalue weighted by atomic mass is 79.9. The number of nitrogens with two attached hydrogens (primary N) is 1. The summed E-state index contributed by atoms with van der Waals surface area (Å²) in [5, 5.41) is 13.8. The summed E-state index contributed by atoms with van der Waals surface area (Å²) >= 11 is 3.46. The van der Waals surface area contributed by atoms with E-state index in [0.29, 0.717) is 6.54 Å². The van der Waals surface area contributed by atoms with Crippen LogP contribution in [0.25, 0.3) is 11.3 Å². The third-order valence-electron chi connectivity index (χ3n) is 2.38. The number of hydrogen-bond donors (Lipinski definition) is 2. The molecule has 0 spiro atoms. The fourth-order valence-electron chi connectivity index (χ4n) is 1.71. The Kier molecular flexibility index (Phi) is 3.49. The number of phenols is 1. The Morgan fingerprint density at radius 3 is 2.94 bits per heavy atom. The lowest BCUT2D eigenvalue weighted by atomic mass is 10.1. The third kappa shape index (κ3) is 2.68. The molecule has 3 N–H and O–H groups in total. The van der Waals surface area contributed by atoms with Crippen LogP contribution in [0.4, 0.5) is 0 Å². The third-order valence-corrected chi connectivity index (χ3v) is 2.96. The lowest BCUT2D eigenvalue weighted by molar-refractivity contribution is 0.475. The quantitative estimate of drug-likeness (QED) is 0.914. The van der Waals surface area contributed by atoms with Crippen molar-refractivity contribution in [1.29, 1.82) is 0 Å². The van der Waals surface area contributed by atoms with Gasteiger partial charge in [0.1, 0.15) is 5.75 Å². The minimum Gasteiger partial charge on any atom is -0.508 e. The molecule has 1 heterocycles. The van der Waals surface area contributed by atoms with Crippen LogP contribution in [0.3, 0.4) is 0 Å². The Morgan fingerprint density at radius 1 is 1.53 bits per heavy atom. The van der Waals surface area contributed by atoms with Gasteiger partial charge in [0.25, 0.3) is 0 Å². The minimum atomic E-state index is 0.0258. The first-order valence-corrected chi connectivity index (χ1v) is 6.13. The standard InChI is InChI=1S/C12H14BrN3O/c1-8(14)7-16-12(11(13)6-15-16)9-3-2-4-10(17)5-9/h2-6,8,17H,7,14H2,1H3. The van der Waals surface area contributed by atoms with Gasteiger partial charge in [-0.05, 0) is 35.0 Å². The van der Waals surface area contributed by atoms with Crippen LogP contribution < -0.4 is 5.73 Å². The zero-order valence-electron chi connectivity index (χ0n) is 9.47. The molecule has 0 saturated carbocycles. The van der Waals surface area contributed by atoms with Crippen LogP contribution in [0.1, 0.15) is 6.92 Å². The van der Waals surface area contributed by atoms with Crippen LogP contribution in [-0.4, -0.2) is 20.9 Å². The van der Waals surface area contributed by atoms with E-state index >= 15 is 0 Å². The maximum absolute atomic E-state index is 9.51. The predicted molar refractivity (Wildman–Crippen MR) is 70.7 cm³/mol. The van der Waals surface area contributed by atoms with E-state index in [-0.39, 0.29) is 11.8 Å². The molecule has 0 fully saturated rings. The summed E-state index contributed by atoms with van der Waals surface area (Å²) in [5.74, 6) is 0.239. The van der Waals surface area contributed by atoms with Crippen molar-refractivity contribution in [2.75, 3.05) is 0 Å². The Hall–Kier alpha value is -1.33. The number of hydrogen-bond acceptors (Lipinski definition) is 3. The largest absolute Gasteiger partial charge is 0.508 e. The number of benzene rings is 1. The number of aromatic hydroxyl groups is 1. The second-order valence-electron chi connectivity index (χ2n) is 4.05. The van der Waals surface area contributed by atoms with Gasteiger partial charge >= 0.3 is 0 Å². The number of aromatic nitrogens is 2. The SMILES string of the molecule is CC(N)Cn1ncc(Br)c1-c1cccc(O)c1. The number of phenolic OH excluding ortho intramolecular Hbond substituents is 1. The monoisotopic (exact) mass is 295 g/mol. The van der Waals surface area contributed by atoms with E-state index in [1.165, 1.54) is 0 Å². The molecule has 4 nitrogen and oxygen atoms in total. The van der Waals surface area contributed by atoms with Crippen LogP contribution in [0.2, 0.25) is 0 Å². The van der Waals surface area contributed by atoms with E-state index in [1.807, 2.05) is 17.7 Å². The zero-order valence-corrected chi connectivity index (χ0v) is 11.1. The second-order valence-corrected chi connectivity index (χ2v) is 4.91. The Morgan fingerprint density at radius 2 is 2.29 bits per heavy atom. The Balaban J connectivity index is 2.47. The molecule has 1 unspecified atom stereocenters. The van der Waals surface area contributed by atoms with Gasteiger partial charge < -0.3 is 10.8 Å². The number of rotatable bonds is 3. The summed E-state index contributed by atoms with van der Waals surface area (Å²) in [5.41, 5.74) is 7.63. The van der Waals surface area contributed by atoms with Crippen molar-refractivity contribution < 1.29 is 5.11 Å². The van der Waals surface area contributed by atoms with Crippen LogP contribution in [0, 0.1) is 0 Å². The average molecular weight is 296 g/mol. The Labute approximate surface area is 108 Å². The molecular formula is C12H14BrN3O. The van der Waals surface area contributed by atoms with E-state index in [4.69, 9.17) is 5.73 Å². The molecule has 0 saturated heterocycles. The molecule has 90 valence electrons. The number of nitrogens with zero attached hydrogens (tertiary/aromatic N) is 2. The first kappa shape index (κ1) is 12.1. The lowest BCUT2D eigenvalue weighted by Crippen LogP contribution is -2.23. The zero-order chi connectivity index (χ0) is 12.4.